The highest BCUT2D eigenvalue weighted by atomic mass is 19.4. The normalized spacial score (nSPS) is 21.9. The number of amides is 2. The van der Waals surface area contributed by atoms with Crippen LogP contribution in [0, 0.1) is 17.8 Å². The lowest BCUT2D eigenvalue weighted by atomic mass is 9.81. The Bertz CT molecular complexity index is 1520. The highest BCUT2D eigenvalue weighted by Gasteiger charge is 2.45. The number of alkyl halides is 5. The first kappa shape index (κ1) is 30.5. The van der Waals surface area contributed by atoms with E-state index in [-0.39, 0.29) is 54.9 Å². The first-order valence-corrected chi connectivity index (χ1v) is 14.2. The summed E-state index contributed by atoms with van der Waals surface area (Å²) in [4.78, 5) is 42.9. The number of hydrogen-bond donors (Lipinski definition) is 2. The van der Waals surface area contributed by atoms with Gasteiger partial charge in [-0.3, -0.25) is 19.1 Å². The predicted molar refractivity (Wildman–Crippen MR) is 142 cm³/mol. The number of piperidine rings is 1. The molecule has 1 saturated heterocycles. The topological polar surface area (TPSA) is 123 Å². The van der Waals surface area contributed by atoms with Gasteiger partial charge in [0.15, 0.2) is 11.4 Å². The summed E-state index contributed by atoms with van der Waals surface area (Å²) in [6.07, 6.45) is -2.54. The quantitative estimate of drug-likeness (QED) is 0.290. The fourth-order valence-corrected chi connectivity index (χ4v) is 5.97. The van der Waals surface area contributed by atoms with E-state index in [9.17, 15) is 36.3 Å². The smallest absolute Gasteiger partial charge is 0.355 e. The number of hydrogen-bond acceptors (Lipinski definition) is 6. The van der Waals surface area contributed by atoms with Gasteiger partial charge in [0.25, 0.3) is 5.91 Å². The van der Waals surface area contributed by atoms with E-state index in [0.717, 1.165) is 0 Å². The molecule has 2 fully saturated rings. The summed E-state index contributed by atoms with van der Waals surface area (Å²) in [5.41, 5.74) is 1.09. The van der Waals surface area contributed by atoms with Gasteiger partial charge in [0, 0.05) is 50.0 Å². The Morgan fingerprint density at radius 2 is 1.95 bits per heavy atom. The summed E-state index contributed by atoms with van der Waals surface area (Å²) >= 11 is 0. The standard InChI is InChI=1S/C28H32F5N7O3/c1-3-39-22(6-9-35-39)26(43)37-24(16-4-7-27(29,30)8-5-16)21-14-40-23(36-21)12-19(15(2)41)20(38-40)11-17-10-18(28(31,32)33)13-34-25(17)42/h6,9,12,14,16-18,24H,3-5,7-8,10-11,13H2,1-2H3,(H,34,42)(H,37,43)/t17?,18-,24?/m1/s1. The molecule has 15 heteroatoms. The van der Waals surface area contributed by atoms with Gasteiger partial charge in [0.05, 0.1) is 29.5 Å². The lowest BCUT2D eigenvalue weighted by Crippen LogP contribution is -2.47. The molecule has 232 valence electrons. The summed E-state index contributed by atoms with van der Waals surface area (Å²) in [6, 6.07) is 2.22. The van der Waals surface area contributed by atoms with Crippen LogP contribution in [0.2, 0.25) is 0 Å². The number of aromatic nitrogens is 5. The van der Waals surface area contributed by atoms with Crippen molar-refractivity contribution in [3.05, 3.63) is 47.2 Å². The third-order valence-corrected chi connectivity index (χ3v) is 8.38. The molecule has 10 nitrogen and oxygen atoms in total. The van der Waals surface area contributed by atoms with E-state index in [4.69, 9.17) is 0 Å². The number of imidazole rings is 1. The Morgan fingerprint density at radius 3 is 2.60 bits per heavy atom. The minimum Gasteiger partial charge on any atom is -0.355 e. The van der Waals surface area contributed by atoms with Crippen LogP contribution in [0.1, 0.15) is 84.2 Å². The van der Waals surface area contributed by atoms with Crippen LogP contribution < -0.4 is 10.6 Å². The average molecular weight is 610 g/mol. The molecule has 3 aromatic rings. The molecular formula is C28H32F5N7O3. The maximum Gasteiger partial charge on any atom is 0.393 e. The summed E-state index contributed by atoms with van der Waals surface area (Å²) in [5, 5.41) is 13.8. The van der Waals surface area contributed by atoms with E-state index in [1.807, 2.05) is 6.92 Å². The van der Waals surface area contributed by atoms with Gasteiger partial charge in [0.2, 0.25) is 11.8 Å². The van der Waals surface area contributed by atoms with Gasteiger partial charge >= 0.3 is 6.18 Å². The van der Waals surface area contributed by atoms with Gasteiger partial charge < -0.3 is 10.6 Å². The van der Waals surface area contributed by atoms with Crippen LogP contribution in [0.4, 0.5) is 22.0 Å². The molecule has 0 aromatic carbocycles. The van der Waals surface area contributed by atoms with Gasteiger partial charge in [0.1, 0.15) is 5.69 Å². The zero-order valence-corrected chi connectivity index (χ0v) is 23.6. The number of nitrogens with zero attached hydrogens (tertiary/aromatic N) is 5. The Hall–Kier alpha value is -3.91. The second-order valence-electron chi connectivity index (χ2n) is 11.3. The van der Waals surface area contributed by atoms with Gasteiger partial charge in [-0.05, 0) is 51.2 Å². The van der Waals surface area contributed by atoms with Crippen LogP contribution in [0.5, 0.6) is 0 Å². The number of aryl methyl sites for hydroxylation is 1. The van der Waals surface area contributed by atoms with Crippen molar-refractivity contribution < 1.29 is 36.3 Å². The number of ketones is 1. The maximum atomic E-state index is 14.0. The summed E-state index contributed by atoms with van der Waals surface area (Å²) in [6.45, 7) is 3.04. The molecule has 1 aliphatic heterocycles. The zero-order chi connectivity index (χ0) is 31.1. The highest BCUT2D eigenvalue weighted by Crippen LogP contribution is 2.41. The van der Waals surface area contributed by atoms with Gasteiger partial charge in [-0.2, -0.15) is 23.4 Å². The number of fused-ring (bicyclic) bond motifs is 1. The number of carbonyl (C=O) groups is 3. The third-order valence-electron chi connectivity index (χ3n) is 8.38. The molecule has 2 aliphatic rings. The van der Waals surface area contributed by atoms with Crippen molar-refractivity contribution in [3.8, 4) is 0 Å². The first-order chi connectivity index (χ1) is 20.3. The third kappa shape index (κ3) is 6.54. The van der Waals surface area contributed by atoms with E-state index < -0.39 is 60.5 Å². The van der Waals surface area contributed by atoms with E-state index in [1.54, 1.807) is 6.07 Å². The lowest BCUT2D eigenvalue weighted by Gasteiger charge is -2.33. The second kappa shape index (κ2) is 11.6. The molecule has 3 aromatic heterocycles. The SMILES string of the molecule is CCn1nccc1C(=O)NC(c1cn2nc(CC3C[C@@H](C(F)(F)F)CNC3=O)c(C(C)=O)cc2n1)C1CCC(F)(F)CC1. The number of Topliss-reactive ketones (excluding diaryl/α,β-unsaturated/α-hetero) is 1. The van der Waals surface area contributed by atoms with Crippen molar-refractivity contribution in [1.82, 2.24) is 35.0 Å². The minimum atomic E-state index is -4.48. The molecule has 1 aliphatic carbocycles. The van der Waals surface area contributed by atoms with Crippen molar-refractivity contribution in [1.29, 1.82) is 0 Å². The fraction of sp³-hybridized carbons (Fsp3) is 0.571. The Morgan fingerprint density at radius 1 is 1.23 bits per heavy atom. The number of halogens is 5. The van der Waals surface area contributed by atoms with Crippen LogP contribution >= 0.6 is 0 Å². The van der Waals surface area contributed by atoms with Crippen molar-refractivity contribution in [2.45, 2.75) is 77.1 Å². The van der Waals surface area contributed by atoms with Crippen LogP contribution in [0.25, 0.3) is 5.65 Å². The number of carbonyl (C=O) groups excluding carboxylic acids is 3. The number of rotatable bonds is 8. The maximum absolute atomic E-state index is 14.0. The monoisotopic (exact) mass is 609 g/mol. The molecule has 0 radical (unpaired) electrons. The molecule has 5 rings (SSSR count). The zero-order valence-electron chi connectivity index (χ0n) is 23.6. The van der Waals surface area contributed by atoms with Crippen LogP contribution in [0.3, 0.4) is 0 Å². The molecule has 0 spiro atoms. The van der Waals surface area contributed by atoms with Crippen LogP contribution in [0.15, 0.2) is 24.5 Å². The number of nitrogens with one attached hydrogen (secondary N) is 2. The highest BCUT2D eigenvalue weighted by molar-refractivity contribution is 5.96. The molecule has 2 amide bonds. The van der Waals surface area contributed by atoms with Crippen molar-refractivity contribution in [2.24, 2.45) is 17.8 Å². The van der Waals surface area contributed by atoms with E-state index in [0.29, 0.717) is 17.9 Å². The predicted octanol–water partition coefficient (Wildman–Crippen LogP) is 4.30. The molecule has 2 N–H and O–H groups in total. The average Bonchev–Trinajstić information content (AvgIpc) is 3.58. The Labute approximate surface area is 243 Å². The summed E-state index contributed by atoms with van der Waals surface area (Å²) < 4.78 is 71.0. The van der Waals surface area contributed by atoms with E-state index in [1.165, 1.54) is 34.6 Å². The van der Waals surface area contributed by atoms with Crippen molar-refractivity contribution >= 4 is 23.2 Å². The first-order valence-electron chi connectivity index (χ1n) is 14.2. The van der Waals surface area contributed by atoms with Gasteiger partial charge in [-0.15, -0.1) is 0 Å². The van der Waals surface area contributed by atoms with Crippen LogP contribution in [-0.2, 0) is 17.8 Å². The summed E-state index contributed by atoms with van der Waals surface area (Å²) in [7, 11) is 0. The summed E-state index contributed by atoms with van der Waals surface area (Å²) in [5.74, 6) is -7.35. The molecule has 0 bridgehead atoms. The van der Waals surface area contributed by atoms with E-state index in [2.05, 4.69) is 25.8 Å². The van der Waals surface area contributed by atoms with Gasteiger partial charge in [-0.25, -0.2) is 18.3 Å². The molecule has 4 heterocycles. The Balaban J connectivity index is 1.48. The Kier molecular flexibility index (Phi) is 8.27. The van der Waals surface area contributed by atoms with Crippen molar-refractivity contribution in [2.75, 3.05) is 6.54 Å². The fourth-order valence-electron chi connectivity index (χ4n) is 5.97. The molecule has 1 saturated carbocycles. The van der Waals surface area contributed by atoms with Crippen molar-refractivity contribution in [3.63, 3.8) is 0 Å². The molecule has 2 unspecified atom stereocenters. The molecule has 3 atom stereocenters. The second-order valence-corrected chi connectivity index (χ2v) is 11.3. The lowest BCUT2D eigenvalue weighted by molar-refractivity contribution is -0.183. The minimum absolute atomic E-state index is 0.108. The largest absolute Gasteiger partial charge is 0.393 e. The van der Waals surface area contributed by atoms with Gasteiger partial charge in [-0.1, -0.05) is 0 Å². The molecule has 43 heavy (non-hydrogen) atoms. The molecular weight excluding hydrogens is 577 g/mol. The van der Waals surface area contributed by atoms with Crippen LogP contribution in [-0.4, -0.2) is 60.6 Å². The van der Waals surface area contributed by atoms with E-state index >= 15 is 0 Å².